The Labute approximate surface area is 363 Å². The normalized spacial score (nSPS) is 12.8. The second-order valence-corrected chi connectivity index (χ2v) is 16.5. The summed E-state index contributed by atoms with van der Waals surface area (Å²) in [7, 11) is 0. The van der Waals surface area contributed by atoms with Gasteiger partial charge in [0.05, 0.1) is 0 Å². The van der Waals surface area contributed by atoms with E-state index in [2.05, 4.69) is 194 Å². The maximum Gasteiger partial charge on any atom is 1.00 e. The molecule has 6 heteroatoms. The van der Waals surface area contributed by atoms with Crippen LogP contribution in [0.2, 0.25) is 0 Å². The van der Waals surface area contributed by atoms with E-state index in [9.17, 15) is 4.70 Å². The molecule has 1 nitrogen and oxygen atoms in total. The van der Waals surface area contributed by atoms with E-state index in [1.54, 1.807) is 0 Å². The Balaban J connectivity index is 0.000000195. The van der Waals surface area contributed by atoms with E-state index in [4.69, 9.17) is 0 Å². The van der Waals surface area contributed by atoms with E-state index in [1.807, 2.05) is 22.0 Å². The van der Waals surface area contributed by atoms with Gasteiger partial charge in [-0.1, -0.05) is 187 Å². The monoisotopic (exact) mass is 902 g/mol. The van der Waals surface area contributed by atoms with Gasteiger partial charge in [0.2, 0.25) is 0 Å². The molecule has 6 aromatic rings. The van der Waals surface area contributed by atoms with Gasteiger partial charge in [0.15, 0.2) is 0 Å². The Bertz CT molecular complexity index is 2220. The van der Waals surface area contributed by atoms with Gasteiger partial charge in [-0.3, -0.25) is 0 Å². The smallest absolute Gasteiger partial charge is 0.343 e. The molecule has 55 heavy (non-hydrogen) atoms. The molecule has 0 radical (unpaired) electrons. The molecule has 1 atom stereocenters. The summed E-state index contributed by atoms with van der Waals surface area (Å²) >= 11 is 5.62. The van der Waals surface area contributed by atoms with Gasteiger partial charge in [-0.2, -0.15) is 6.42 Å². The molecule has 0 N–H and O–H groups in total. The van der Waals surface area contributed by atoms with Gasteiger partial charge in [0.1, 0.15) is 0 Å². The molecule has 0 spiro atoms. The second kappa shape index (κ2) is 21.8. The Morgan fingerprint density at radius 3 is 1.16 bits per heavy atom. The SMILES string of the molecule is Brc1ccccc1C1=Cc2ccccc2C1.C1=C(c2ccccc2-c2ccccc2C2=Cc3ccccc3C2)Cc2ccccc21.O=BPI.[CH2-]CCC.[Li+]. The summed E-state index contributed by atoms with van der Waals surface area (Å²) in [6, 6.07) is 52.2. The Morgan fingerprint density at radius 1 is 0.545 bits per heavy atom. The Morgan fingerprint density at radius 2 is 0.836 bits per heavy atom. The Hall–Kier alpha value is -3.36. The first-order chi connectivity index (χ1) is 26.5. The Kier molecular flexibility index (Phi) is 17.0. The molecule has 3 aliphatic rings. The zero-order valence-corrected chi connectivity index (χ0v) is 36.3. The zero-order chi connectivity index (χ0) is 37.7. The quantitative estimate of drug-likeness (QED) is 0.0704. The molecule has 6 aromatic carbocycles. The first kappa shape index (κ1) is 42.8. The summed E-state index contributed by atoms with van der Waals surface area (Å²) in [4.78, 5) is 0. The minimum Gasteiger partial charge on any atom is -0.343 e. The standard InChI is InChI=1S/C30H22.C15H11Br.C4H9.BHIOP.Li/c1-2-10-22-18-25(17-21(22)9-1)27-13-5-7-15-29(27)30-16-8-6-14-28(30)26-19-23-11-3-4-12-24(23)20-26;16-15-8-4-3-7-14(15)13-9-11-5-1-2-6-12(11)10-13;1-3-4-2;2-4-1-3;/h1-17,19H,18,20H2;1-9H,10H2;1,3-4H2,2H3;4H;/q;;-1;;+1. The van der Waals surface area contributed by atoms with E-state index in [-0.39, 0.29) is 18.9 Å². The minimum absolute atomic E-state index is 0. The van der Waals surface area contributed by atoms with Crippen LogP contribution in [-0.4, -0.2) is 6.87 Å². The average Bonchev–Trinajstić information content (AvgIpc) is 3.98. The number of halogens is 2. The van der Waals surface area contributed by atoms with Crippen molar-refractivity contribution in [3.63, 3.8) is 0 Å². The van der Waals surface area contributed by atoms with Crippen molar-refractivity contribution < 1.29 is 23.6 Å². The number of unbranched alkanes of at least 4 members (excludes halogenated alkanes) is 1. The number of benzene rings is 6. The van der Waals surface area contributed by atoms with Crippen LogP contribution in [0.3, 0.4) is 0 Å². The van der Waals surface area contributed by atoms with Crippen LogP contribution in [0.1, 0.15) is 69.8 Å². The molecule has 0 saturated heterocycles. The molecular weight excluding hydrogens is 860 g/mol. The molecule has 0 amide bonds. The zero-order valence-electron chi connectivity index (χ0n) is 31.6. The van der Waals surface area contributed by atoms with Crippen molar-refractivity contribution in [1.82, 2.24) is 0 Å². The van der Waals surface area contributed by atoms with Gasteiger partial charge in [0, 0.05) is 4.47 Å². The molecule has 3 aliphatic carbocycles. The minimum atomic E-state index is 0. The van der Waals surface area contributed by atoms with Gasteiger partial charge in [-0.15, -0.1) is 0 Å². The summed E-state index contributed by atoms with van der Waals surface area (Å²) in [6.07, 6.45) is 12.8. The third kappa shape index (κ3) is 10.9. The van der Waals surface area contributed by atoms with Crippen LogP contribution in [0.5, 0.6) is 0 Å². The molecule has 0 saturated carbocycles. The summed E-state index contributed by atoms with van der Waals surface area (Å²) in [5.41, 5.74) is 19.2. The number of hydrogen-bond donors (Lipinski definition) is 0. The molecule has 0 aliphatic heterocycles. The van der Waals surface area contributed by atoms with Crippen LogP contribution in [0.4, 0.5) is 0 Å². The largest absolute Gasteiger partial charge is 1.00 e. The van der Waals surface area contributed by atoms with Gasteiger partial charge in [-0.25, -0.2) is 0 Å². The molecule has 9 rings (SSSR count). The van der Waals surface area contributed by atoms with Crippen molar-refractivity contribution in [1.29, 1.82) is 0 Å². The van der Waals surface area contributed by atoms with Gasteiger partial charge in [-0.05, 0) is 103 Å². The van der Waals surface area contributed by atoms with Gasteiger partial charge < -0.3 is 6.92 Å². The molecule has 0 bridgehead atoms. The number of hydrogen-bond acceptors (Lipinski definition) is 1. The third-order valence-electron chi connectivity index (χ3n) is 9.75. The van der Waals surface area contributed by atoms with Gasteiger partial charge >= 0.3 is 58.6 Å². The predicted octanol–water partition coefficient (Wildman–Crippen LogP) is 11.7. The van der Waals surface area contributed by atoms with Crippen LogP contribution in [-0.2, 0) is 24.0 Å². The van der Waals surface area contributed by atoms with E-state index < -0.39 is 0 Å². The topological polar surface area (TPSA) is 17.1 Å². The fourth-order valence-corrected chi connectivity index (χ4v) is 7.62. The van der Waals surface area contributed by atoms with E-state index in [0.29, 0.717) is 6.10 Å². The van der Waals surface area contributed by atoms with Crippen LogP contribution in [0.25, 0.3) is 46.1 Å². The van der Waals surface area contributed by atoms with Crippen molar-refractivity contribution in [3.05, 3.63) is 207 Å². The van der Waals surface area contributed by atoms with E-state index >= 15 is 0 Å². The maximum atomic E-state index is 9.18. The first-order valence-corrected chi connectivity index (χ1v) is 23.4. The maximum absolute atomic E-state index is 9.18. The summed E-state index contributed by atoms with van der Waals surface area (Å²) in [5.74, 6) is 0. The summed E-state index contributed by atoms with van der Waals surface area (Å²) < 4.78 is 10.4. The van der Waals surface area contributed by atoms with Crippen LogP contribution >= 0.6 is 44.1 Å². The molecule has 268 valence electrons. The average molecular weight is 903 g/mol. The molecule has 0 fully saturated rings. The van der Waals surface area contributed by atoms with Gasteiger partial charge in [0.25, 0.3) is 0 Å². The number of allylic oxidation sites excluding steroid dienone is 3. The van der Waals surface area contributed by atoms with Crippen molar-refractivity contribution >= 4 is 85.9 Å². The summed E-state index contributed by atoms with van der Waals surface area (Å²) in [6.45, 7) is 6.61. The molecule has 0 heterocycles. The first-order valence-electron chi connectivity index (χ1n) is 18.4. The predicted molar refractivity (Wildman–Crippen MR) is 249 cm³/mol. The third-order valence-corrected chi connectivity index (χ3v) is 11.3. The van der Waals surface area contributed by atoms with Crippen LogP contribution in [0, 0.1) is 6.92 Å². The van der Waals surface area contributed by atoms with Crippen molar-refractivity contribution in [2.45, 2.75) is 39.0 Å². The number of fused-ring (bicyclic) bond motifs is 3. The molecule has 1 unspecified atom stereocenters. The molecular formula is C49H43BBrILiOP. The fourth-order valence-electron chi connectivity index (χ4n) is 7.08. The van der Waals surface area contributed by atoms with Crippen molar-refractivity contribution in [3.8, 4) is 11.1 Å². The van der Waals surface area contributed by atoms with Crippen molar-refractivity contribution in [2.75, 3.05) is 0 Å². The van der Waals surface area contributed by atoms with Crippen LogP contribution < -0.4 is 18.9 Å². The fraction of sp³-hybridized carbons (Fsp3) is 0.122. The van der Waals surface area contributed by atoms with Crippen LogP contribution in [0.15, 0.2) is 150 Å². The molecule has 0 aromatic heterocycles. The second-order valence-electron chi connectivity index (χ2n) is 13.3. The van der Waals surface area contributed by atoms with E-state index in [0.717, 1.165) is 32.6 Å². The van der Waals surface area contributed by atoms with Crippen molar-refractivity contribution in [2.24, 2.45) is 0 Å². The number of rotatable bonds is 6. The van der Waals surface area contributed by atoms with E-state index in [1.165, 1.54) is 88.8 Å². The summed E-state index contributed by atoms with van der Waals surface area (Å²) in [5, 5.41) is 0.